The van der Waals surface area contributed by atoms with E-state index in [0.29, 0.717) is 23.6 Å². The van der Waals surface area contributed by atoms with E-state index in [2.05, 4.69) is 0 Å². The molecular weight excluding hydrogens is 291 g/mol. The Kier molecular flexibility index (Phi) is 3.78. The smallest absolute Gasteiger partial charge is 0.156 e. The lowest BCUT2D eigenvalue weighted by Gasteiger charge is -2.33. The molecule has 1 aromatic rings. The van der Waals surface area contributed by atoms with E-state index >= 15 is 0 Å². The first-order valence-electron chi connectivity index (χ1n) is 7.27. The molecule has 112 valence electrons. The lowest BCUT2D eigenvalue weighted by Crippen LogP contribution is -2.26. The molecule has 0 amide bonds. The van der Waals surface area contributed by atoms with Gasteiger partial charge in [-0.2, -0.15) is 0 Å². The highest BCUT2D eigenvalue weighted by molar-refractivity contribution is 6.32. The largest absolute Gasteiger partial charge is 0.495 e. The van der Waals surface area contributed by atoms with Gasteiger partial charge in [-0.1, -0.05) is 11.6 Å². The fourth-order valence-electron chi connectivity index (χ4n) is 3.70. The Morgan fingerprint density at radius 1 is 1.43 bits per heavy atom. The van der Waals surface area contributed by atoms with Crippen molar-refractivity contribution >= 4 is 23.0 Å². The van der Waals surface area contributed by atoms with Crippen molar-refractivity contribution in [1.29, 1.82) is 0 Å². The second-order valence-corrected chi connectivity index (χ2v) is 6.33. The highest BCUT2D eigenvalue weighted by atomic mass is 35.5. The summed E-state index contributed by atoms with van der Waals surface area (Å²) >= 11 is 6.23. The second-order valence-electron chi connectivity index (χ2n) is 5.92. The molecule has 0 spiro atoms. The van der Waals surface area contributed by atoms with Gasteiger partial charge in [0.2, 0.25) is 0 Å². The van der Waals surface area contributed by atoms with Gasteiger partial charge in [-0.15, -0.1) is 0 Å². The number of halogens is 2. The lowest BCUT2D eigenvalue weighted by molar-refractivity contribution is -0.115. The SMILES string of the molecule is COc1cc2c(cc1Cl)C1=CC(=O)CC[C@]1(CCCF)C2. The van der Waals surface area contributed by atoms with Gasteiger partial charge in [0.05, 0.1) is 18.8 Å². The van der Waals surface area contributed by atoms with Crippen molar-refractivity contribution in [2.45, 2.75) is 32.1 Å². The molecule has 3 rings (SSSR count). The molecule has 0 saturated heterocycles. The third-order valence-corrected chi connectivity index (χ3v) is 5.01. The molecule has 4 heteroatoms. The molecule has 0 N–H and O–H groups in total. The number of hydrogen-bond donors (Lipinski definition) is 0. The molecule has 2 aliphatic rings. The maximum absolute atomic E-state index is 12.7. The number of carbonyl (C=O) groups excluding carboxylic acids is 1. The summed E-state index contributed by atoms with van der Waals surface area (Å²) in [5.41, 5.74) is 3.13. The van der Waals surface area contributed by atoms with Crippen molar-refractivity contribution in [1.82, 2.24) is 0 Å². The fourth-order valence-corrected chi connectivity index (χ4v) is 3.94. The summed E-state index contributed by atoms with van der Waals surface area (Å²) < 4.78 is 17.9. The van der Waals surface area contributed by atoms with Gasteiger partial charge in [0, 0.05) is 11.8 Å². The van der Waals surface area contributed by atoms with Crippen LogP contribution >= 0.6 is 11.6 Å². The van der Waals surface area contributed by atoms with Crippen molar-refractivity contribution in [2.75, 3.05) is 13.8 Å². The zero-order valence-corrected chi connectivity index (χ0v) is 12.8. The summed E-state index contributed by atoms with van der Waals surface area (Å²) in [4.78, 5) is 11.8. The number of rotatable bonds is 4. The molecule has 0 aliphatic heterocycles. The zero-order valence-electron chi connectivity index (χ0n) is 12.0. The molecular formula is C17H18ClFO2. The average molecular weight is 309 g/mol. The number of methoxy groups -OCH3 is 1. The predicted molar refractivity (Wildman–Crippen MR) is 81.6 cm³/mol. The quantitative estimate of drug-likeness (QED) is 0.824. The molecule has 0 fully saturated rings. The lowest BCUT2D eigenvalue weighted by atomic mass is 9.70. The Balaban J connectivity index is 2.09. The minimum absolute atomic E-state index is 0.0992. The van der Waals surface area contributed by atoms with Gasteiger partial charge in [-0.3, -0.25) is 9.18 Å². The molecule has 1 atom stereocenters. The van der Waals surface area contributed by atoms with Crippen LogP contribution in [0.5, 0.6) is 5.75 Å². The van der Waals surface area contributed by atoms with Crippen LogP contribution in [0.3, 0.4) is 0 Å². The van der Waals surface area contributed by atoms with Crippen molar-refractivity contribution in [3.05, 3.63) is 34.4 Å². The van der Waals surface area contributed by atoms with E-state index in [1.165, 1.54) is 0 Å². The van der Waals surface area contributed by atoms with Gasteiger partial charge in [-0.25, -0.2) is 0 Å². The third kappa shape index (κ3) is 2.38. The fraction of sp³-hybridized carbons (Fsp3) is 0.471. The van der Waals surface area contributed by atoms with Crippen LogP contribution in [0.15, 0.2) is 18.2 Å². The zero-order chi connectivity index (χ0) is 15.0. The first kappa shape index (κ1) is 14.6. The molecule has 1 aromatic carbocycles. The molecule has 21 heavy (non-hydrogen) atoms. The van der Waals surface area contributed by atoms with Gasteiger partial charge in [0.25, 0.3) is 0 Å². The molecule has 2 nitrogen and oxygen atoms in total. The van der Waals surface area contributed by atoms with Crippen LogP contribution in [0.4, 0.5) is 4.39 Å². The number of alkyl halides is 1. The van der Waals surface area contributed by atoms with Crippen LogP contribution in [0.1, 0.15) is 36.8 Å². The Morgan fingerprint density at radius 3 is 2.95 bits per heavy atom. The summed E-state index contributed by atoms with van der Waals surface area (Å²) in [6.07, 6.45) is 5.24. The van der Waals surface area contributed by atoms with Crippen LogP contribution in [0.2, 0.25) is 5.02 Å². The van der Waals surface area contributed by atoms with Gasteiger partial charge in [0.15, 0.2) is 5.78 Å². The average Bonchev–Trinajstić information content (AvgIpc) is 2.78. The monoisotopic (exact) mass is 308 g/mol. The highest BCUT2D eigenvalue weighted by Gasteiger charge is 2.44. The normalized spacial score (nSPS) is 23.6. The first-order chi connectivity index (χ1) is 10.1. The standard InChI is InChI=1S/C17H18ClFO2/c1-21-16-7-11-10-17(4-2-6-19)5-3-12(20)8-14(17)13(11)9-15(16)18/h7-9H,2-6,10H2,1H3/t17-/m1/s1. The Morgan fingerprint density at radius 2 is 2.24 bits per heavy atom. The molecule has 0 aromatic heterocycles. The number of ketones is 1. The predicted octanol–water partition coefficient (Wildman–Crippen LogP) is 4.39. The first-order valence-corrected chi connectivity index (χ1v) is 7.65. The van der Waals surface area contributed by atoms with Crippen LogP contribution in [-0.2, 0) is 11.2 Å². The number of fused-ring (bicyclic) bond motifs is 3. The van der Waals surface area contributed by atoms with Crippen LogP contribution in [-0.4, -0.2) is 19.6 Å². The van der Waals surface area contributed by atoms with E-state index in [9.17, 15) is 9.18 Å². The maximum Gasteiger partial charge on any atom is 0.156 e. The minimum Gasteiger partial charge on any atom is -0.495 e. The van der Waals surface area contributed by atoms with Crippen LogP contribution < -0.4 is 4.74 Å². The summed E-state index contributed by atoms with van der Waals surface area (Å²) in [7, 11) is 1.59. The second kappa shape index (κ2) is 5.45. The Labute approximate surface area is 128 Å². The van der Waals surface area contributed by atoms with Crippen LogP contribution in [0.25, 0.3) is 5.57 Å². The Bertz CT molecular complexity index is 623. The van der Waals surface area contributed by atoms with Gasteiger partial charge < -0.3 is 4.74 Å². The van der Waals surface area contributed by atoms with E-state index in [-0.39, 0.29) is 17.9 Å². The van der Waals surface area contributed by atoms with Gasteiger partial charge >= 0.3 is 0 Å². The van der Waals surface area contributed by atoms with Crippen molar-refractivity contribution in [2.24, 2.45) is 5.41 Å². The maximum atomic E-state index is 12.7. The van der Waals surface area contributed by atoms with E-state index in [0.717, 1.165) is 36.0 Å². The van der Waals surface area contributed by atoms with E-state index < -0.39 is 0 Å². The molecule has 0 bridgehead atoms. The molecule has 0 heterocycles. The van der Waals surface area contributed by atoms with Gasteiger partial charge in [0.1, 0.15) is 5.75 Å². The number of allylic oxidation sites excluding steroid dienone is 2. The van der Waals surface area contributed by atoms with E-state index in [1.54, 1.807) is 13.2 Å². The number of hydrogen-bond acceptors (Lipinski definition) is 2. The number of ether oxygens (including phenoxy) is 1. The van der Waals surface area contributed by atoms with E-state index in [4.69, 9.17) is 16.3 Å². The number of carbonyl (C=O) groups is 1. The summed E-state index contributed by atoms with van der Waals surface area (Å²) in [6, 6.07) is 3.84. The van der Waals surface area contributed by atoms with Crippen molar-refractivity contribution in [3.63, 3.8) is 0 Å². The van der Waals surface area contributed by atoms with E-state index in [1.807, 2.05) is 12.1 Å². The number of benzene rings is 1. The molecule has 0 unspecified atom stereocenters. The summed E-state index contributed by atoms with van der Waals surface area (Å²) in [5, 5.41) is 0.552. The topological polar surface area (TPSA) is 26.3 Å². The highest BCUT2D eigenvalue weighted by Crippen LogP contribution is 2.55. The van der Waals surface area contributed by atoms with Crippen molar-refractivity contribution < 1.29 is 13.9 Å². The van der Waals surface area contributed by atoms with Crippen molar-refractivity contribution in [3.8, 4) is 5.75 Å². The minimum atomic E-state index is -0.316. The summed E-state index contributed by atoms with van der Waals surface area (Å²) in [5.74, 6) is 0.808. The third-order valence-electron chi connectivity index (χ3n) is 4.71. The molecule has 0 radical (unpaired) electrons. The Hall–Kier alpha value is -1.35. The van der Waals surface area contributed by atoms with Crippen LogP contribution in [0, 0.1) is 5.41 Å². The summed E-state index contributed by atoms with van der Waals surface area (Å²) in [6.45, 7) is -0.316. The molecule has 2 aliphatic carbocycles. The van der Waals surface area contributed by atoms with Gasteiger partial charge in [-0.05, 0) is 60.6 Å². The molecule has 0 saturated carbocycles.